The molecule has 7 heteroatoms. The number of rotatable bonds is 6. The van der Waals surface area contributed by atoms with Gasteiger partial charge in [-0.05, 0) is 73.1 Å². The van der Waals surface area contributed by atoms with Crippen LogP contribution in [0.2, 0.25) is 0 Å². The fraction of sp³-hybridized carbons (Fsp3) is 0.0571. The largest absolute Gasteiger partial charge is 0.416 e. The average Bonchev–Trinajstić information content (AvgIpc) is 3.55. The van der Waals surface area contributed by atoms with Crippen LogP contribution in [0.5, 0.6) is 5.88 Å². The van der Waals surface area contributed by atoms with Crippen LogP contribution in [0.1, 0.15) is 11.1 Å². The van der Waals surface area contributed by atoms with Crippen molar-refractivity contribution in [3.63, 3.8) is 0 Å². The van der Waals surface area contributed by atoms with E-state index in [1.165, 1.54) is 10.2 Å². The SMILES string of the molecule is Nc1cc(-c2nn(-c3cccc4c3Cc3ccccc3-4)c(OC(F)F)c2Br)c(-c2ccccc2)cc1-c1ccccc1. The van der Waals surface area contributed by atoms with Crippen molar-refractivity contribution >= 4 is 21.6 Å². The zero-order chi connectivity index (χ0) is 28.8. The second kappa shape index (κ2) is 10.6. The number of hydrogen-bond donors (Lipinski definition) is 1. The predicted molar refractivity (Wildman–Crippen MR) is 167 cm³/mol. The van der Waals surface area contributed by atoms with Crippen molar-refractivity contribution in [3.05, 3.63) is 131 Å². The van der Waals surface area contributed by atoms with E-state index in [0.717, 1.165) is 38.9 Å². The highest BCUT2D eigenvalue weighted by molar-refractivity contribution is 9.10. The molecule has 7 rings (SSSR count). The van der Waals surface area contributed by atoms with Crippen LogP contribution in [0.25, 0.3) is 50.3 Å². The van der Waals surface area contributed by atoms with E-state index in [2.05, 4.69) is 28.1 Å². The summed E-state index contributed by atoms with van der Waals surface area (Å²) in [7, 11) is 0. The lowest BCUT2D eigenvalue weighted by Gasteiger charge is -2.14. The summed E-state index contributed by atoms with van der Waals surface area (Å²) in [5, 5.41) is 4.93. The molecule has 1 aliphatic carbocycles. The van der Waals surface area contributed by atoms with Crippen molar-refractivity contribution in [2.24, 2.45) is 0 Å². The quantitative estimate of drug-likeness (QED) is 0.189. The second-order valence-corrected chi connectivity index (χ2v) is 10.9. The number of fused-ring (bicyclic) bond motifs is 3. The van der Waals surface area contributed by atoms with Gasteiger partial charge >= 0.3 is 6.61 Å². The lowest BCUT2D eigenvalue weighted by molar-refractivity contribution is -0.0549. The van der Waals surface area contributed by atoms with Gasteiger partial charge in [-0.1, -0.05) is 97.1 Å². The summed E-state index contributed by atoms with van der Waals surface area (Å²) in [6.45, 7) is -3.04. The minimum absolute atomic E-state index is 0.0749. The smallest absolute Gasteiger partial charge is 0.388 e. The fourth-order valence-electron chi connectivity index (χ4n) is 5.78. The molecule has 206 valence electrons. The lowest BCUT2D eigenvalue weighted by Crippen LogP contribution is -2.09. The Labute approximate surface area is 250 Å². The Balaban J connectivity index is 1.46. The third kappa shape index (κ3) is 4.46. The number of aromatic nitrogens is 2. The highest BCUT2D eigenvalue weighted by atomic mass is 79.9. The number of halogens is 3. The fourth-order valence-corrected chi connectivity index (χ4v) is 6.33. The minimum atomic E-state index is -3.04. The highest BCUT2D eigenvalue weighted by Gasteiger charge is 2.28. The molecule has 0 saturated carbocycles. The number of ether oxygens (including phenoxy) is 1. The molecule has 0 saturated heterocycles. The molecule has 1 aliphatic rings. The molecule has 0 bridgehead atoms. The zero-order valence-electron chi connectivity index (χ0n) is 22.3. The van der Waals surface area contributed by atoms with Crippen LogP contribution in [0.3, 0.4) is 0 Å². The van der Waals surface area contributed by atoms with Crippen LogP contribution < -0.4 is 10.5 Å². The molecule has 6 aromatic rings. The van der Waals surface area contributed by atoms with E-state index in [1.54, 1.807) is 0 Å². The Morgan fingerprint density at radius 1 is 0.714 bits per heavy atom. The summed E-state index contributed by atoms with van der Waals surface area (Å²) < 4.78 is 34.6. The minimum Gasteiger partial charge on any atom is -0.416 e. The summed E-state index contributed by atoms with van der Waals surface area (Å²) in [4.78, 5) is 0. The molecule has 0 unspecified atom stereocenters. The maximum atomic E-state index is 13.8. The van der Waals surface area contributed by atoms with Crippen LogP contribution in [-0.4, -0.2) is 16.4 Å². The van der Waals surface area contributed by atoms with Crippen molar-refractivity contribution in [2.75, 3.05) is 5.73 Å². The molecule has 0 atom stereocenters. The maximum absolute atomic E-state index is 13.8. The summed E-state index contributed by atoms with van der Waals surface area (Å²) in [6, 6.07) is 37.7. The van der Waals surface area contributed by atoms with E-state index in [4.69, 9.17) is 15.6 Å². The number of benzene rings is 5. The van der Waals surface area contributed by atoms with Gasteiger partial charge in [-0.15, -0.1) is 0 Å². The first-order valence-electron chi connectivity index (χ1n) is 13.5. The van der Waals surface area contributed by atoms with Gasteiger partial charge in [-0.25, -0.2) is 0 Å². The molecular formula is C35H24BrF2N3O. The summed E-state index contributed by atoms with van der Waals surface area (Å²) >= 11 is 3.59. The number of anilines is 1. The second-order valence-electron chi connectivity index (χ2n) is 10.1. The van der Waals surface area contributed by atoms with Crippen molar-refractivity contribution < 1.29 is 13.5 Å². The Hall–Kier alpha value is -4.75. The van der Waals surface area contributed by atoms with Gasteiger partial charge in [0.25, 0.3) is 0 Å². The molecule has 4 nitrogen and oxygen atoms in total. The third-order valence-corrected chi connectivity index (χ3v) is 8.37. The number of nitrogens with zero attached hydrogens (tertiary/aromatic N) is 2. The van der Waals surface area contributed by atoms with E-state index in [1.807, 2.05) is 103 Å². The Morgan fingerprint density at radius 3 is 2.07 bits per heavy atom. The Kier molecular flexibility index (Phi) is 6.59. The van der Waals surface area contributed by atoms with E-state index in [0.29, 0.717) is 33.5 Å². The predicted octanol–water partition coefficient (Wildman–Crippen LogP) is 9.39. The molecule has 2 N–H and O–H groups in total. The standard InChI is InChI=1S/C35H24BrF2N3O/c36-32-33(29-20-30(39)27(22-12-5-2-6-13-22)19-26(29)21-10-3-1-4-11-21)40-41(34(32)42-35(37)38)31-17-9-16-25-24-15-8-7-14-23(24)18-28(25)31/h1-17,19-20,35H,18,39H2. The summed E-state index contributed by atoms with van der Waals surface area (Å²) in [5.41, 5.74) is 17.0. The van der Waals surface area contributed by atoms with Gasteiger partial charge < -0.3 is 10.5 Å². The average molecular weight is 620 g/mol. The van der Waals surface area contributed by atoms with E-state index < -0.39 is 6.61 Å². The van der Waals surface area contributed by atoms with Crippen LogP contribution in [0, 0.1) is 0 Å². The first-order chi connectivity index (χ1) is 20.5. The van der Waals surface area contributed by atoms with Crippen molar-refractivity contribution in [1.82, 2.24) is 9.78 Å². The molecule has 1 aromatic heterocycles. The maximum Gasteiger partial charge on any atom is 0.388 e. The molecule has 0 aliphatic heterocycles. The molecule has 0 fully saturated rings. The molecule has 0 amide bonds. The first-order valence-corrected chi connectivity index (χ1v) is 14.3. The lowest BCUT2D eigenvalue weighted by atomic mass is 9.92. The van der Waals surface area contributed by atoms with Gasteiger partial charge in [0.2, 0.25) is 5.88 Å². The van der Waals surface area contributed by atoms with Crippen molar-refractivity contribution in [2.45, 2.75) is 13.0 Å². The normalized spacial score (nSPS) is 11.9. The molecule has 1 heterocycles. The Bertz CT molecular complexity index is 1940. The topological polar surface area (TPSA) is 53.1 Å². The highest BCUT2D eigenvalue weighted by Crippen LogP contribution is 2.46. The number of nitrogen functional groups attached to an aromatic ring is 1. The van der Waals surface area contributed by atoms with Crippen LogP contribution in [-0.2, 0) is 6.42 Å². The van der Waals surface area contributed by atoms with Crippen LogP contribution in [0.15, 0.2) is 120 Å². The molecule has 0 spiro atoms. The van der Waals surface area contributed by atoms with E-state index >= 15 is 0 Å². The van der Waals surface area contributed by atoms with Gasteiger partial charge in [0.05, 0.1) is 5.69 Å². The van der Waals surface area contributed by atoms with Gasteiger partial charge in [0, 0.05) is 23.2 Å². The van der Waals surface area contributed by atoms with Crippen molar-refractivity contribution in [1.29, 1.82) is 0 Å². The first kappa shape index (κ1) is 26.2. The Morgan fingerprint density at radius 2 is 1.36 bits per heavy atom. The molecule has 42 heavy (non-hydrogen) atoms. The van der Waals surface area contributed by atoms with Gasteiger partial charge in [0.15, 0.2) is 0 Å². The van der Waals surface area contributed by atoms with E-state index in [9.17, 15) is 8.78 Å². The van der Waals surface area contributed by atoms with Crippen LogP contribution >= 0.6 is 15.9 Å². The van der Waals surface area contributed by atoms with Crippen LogP contribution in [0.4, 0.5) is 14.5 Å². The van der Waals surface area contributed by atoms with E-state index in [-0.39, 0.29) is 5.88 Å². The third-order valence-electron chi connectivity index (χ3n) is 7.66. The molecular weight excluding hydrogens is 596 g/mol. The summed E-state index contributed by atoms with van der Waals surface area (Å²) in [5.74, 6) is -0.0749. The number of nitrogens with two attached hydrogens (primary N) is 1. The number of hydrogen-bond acceptors (Lipinski definition) is 3. The summed E-state index contributed by atoms with van der Waals surface area (Å²) in [6.07, 6.45) is 0.663. The van der Waals surface area contributed by atoms with Gasteiger partial charge in [-0.3, -0.25) is 0 Å². The molecule has 5 aromatic carbocycles. The number of alkyl halides is 2. The van der Waals surface area contributed by atoms with Crippen molar-refractivity contribution in [3.8, 4) is 56.2 Å². The monoisotopic (exact) mass is 619 g/mol. The molecule has 0 radical (unpaired) electrons. The van der Waals surface area contributed by atoms with Gasteiger partial charge in [0.1, 0.15) is 10.2 Å². The van der Waals surface area contributed by atoms with Gasteiger partial charge in [-0.2, -0.15) is 18.6 Å². The zero-order valence-corrected chi connectivity index (χ0v) is 23.9.